The van der Waals surface area contributed by atoms with Crippen LogP contribution in [0.25, 0.3) is 11.1 Å². The number of rotatable bonds is 7. The highest BCUT2D eigenvalue weighted by molar-refractivity contribution is 5.94. The van der Waals surface area contributed by atoms with Crippen molar-refractivity contribution in [1.82, 2.24) is 25.7 Å². The minimum absolute atomic E-state index is 0.0101. The molecule has 1 aromatic carbocycles. The maximum Gasteiger partial charge on any atom is 0.415 e. The number of aromatic nitrogens is 4. The van der Waals surface area contributed by atoms with Crippen molar-refractivity contribution in [3.63, 3.8) is 0 Å². The van der Waals surface area contributed by atoms with E-state index in [2.05, 4.69) is 50.8 Å². The van der Waals surface area contributed by atoms with Crippen LogP contribution in [-0.2, 0) is 24.2 Å². The second-order valence-electron chi connectivity index (χ2n) is 7.80. The molecule has 1 fully saturated rings. The lowest BCUT2D eigenvalue weighted by molar-refractivity contribution is 0.125. The zero-order valence-electron chi connectivity index (χ0n) is 16.8. The maximum atomic E-state index is 12.3. The molecule has 8 nitrogen and oxygen atoms in total. The summed E-state index contributed by atoms with van der Waals surface area (Å²) in [5.74, 6) is 0. The van der Waals surface area contributed by atoms with E-state index < -0.39 is 0 Å². The molecule has 0 radical (unpaired) electrons. The van der Waals surface area contributed by atoms with Crippen molar-refractivity contribution in [2.45, 2.75) is 51.4 Å². The van der Waals surface area contributed by atoms with Crippen molar-refractivity contribution in [3.05, 3.63) is 59.7 Å². The molecule has 154 valence electrons. The third kappa shape index (κ3) is 3.43. The fraction of sp³-hybridized carbons (Fsp3) is 0.364. The standard InChI is InChI=1S/C22H24N6O2/c1-2-3-21-20-9-16-8-14(5-7-19(16)28(20)22(29)30-21)15-4-6-17(24-10-15)11-23-12-18-13-25-27-26-18/h4-8,10,13,20-21,23H,2-3,9,11-12H2,1H3,(H,25,26,27). The van der Waals surface area contributed by atoms with Gasteiger partial charge in [0.2, 0.25) is 0 Å². The molecule has 1 saturated heterocycles. The van der Waals surface area contributed by atoms with Gasteiger partial charge in [0.1, 0.15) is 6.10 Å². The Balaban J connectivity index is 1.28. The van der Waals surface area contributed by atoms with Gasteiger partial charge in [0.15, 0.2) is 0 Å². The molecular weight excluding hydrogens is 380 g/mol. The zero-order valence-corrected chi connectivity index (χ0v) is 16.8. The molecular formula is C22H24N6O2. The number of H-pyrrole nitrogens is 1. The highest BCUT2D eigenvalue weighted by atomic mass is 16.6. The molecule has 0 bridgehead atoms. The molecule has 0 saturated carbocycles. The Morgan fingerprint density at radius 1 is 1.17 bits per heavy atom. The number of nitrogens with zero attached hydrogens (tertiary/aromatic N) is 4. The van der Waals surface area contributed by atoms with Crippen LogP contribution in [0.1, 0.15) is 36.7 Å². The van der Waals surface area contributed by atoms with Crippen LogP contribution in [0.15, 0.2) is 42.7 Å². The number of benzene rings is 1. The normalized spacial score (nSPS) is 19.6. The van der Waals surface area contributed by atoms with Crippen LogP contribution in [0.4, 0.5) is 10.5 Å². The van der Waals surface area contributed by atoms with Gasteiger partial charge in [-0.25, -0.2) is 4.79 Å². The van der Waals surface area contributed by atoms with Crippen molar-refractivity contribution in [3.8, 4) is 11.1 Å². The summed E-state index contributed by atoms with van der Waals surface area (Å²) in [6, 6.07) is 10.5. The van der Waals surface area contributed by atoms with Gasteiger partial charge >= 0.3 is 6.09 Å². The van der Waals surface area contributed by atoms with Gasteiger partial charge < -0.3 is 10.1 Å². The summed E-state index contributed by atoms with van der Waals surface area (Å²) >= 11 is 0. The van der Waals surface area contributed by atoms with Crippen molar-refractivity contribution in [2.24, 2.45) is 0 Å². The predicted octanol–water partition coefficient (Wildman–Crippen LogP) is 3.21. The summed E-state index contributed by atoms with van der Waals surface area (Å²) in [5, 5.41) is 13.7. The van der Waals surface area contributed by atoms with Gasteiger partial charge in [0.05, 0.1) is 29.3 Å². The van der Waals surface area contributed by atoms with Gasteiger partial charge in [0.25, 0.3) is 0 Å². The Labute approximate surface area is 174 Å². The Kier molecular flexibility index (Phi) is 4.92. The van der Waals surface area contributed by atoms with Crippen LogP contribution in [0.5, 0.6) is 0 Å². The number of fused-ring (bicyclic) bond motifs is 3. The summed E-state index contributed by atoms with van der Waals surface area (Å²) in [4.78, 5) is 18.8. The molecule has 0 spiro atoms. The summed E-state index contributed by atoms with van der Waals surface area (Å²) in [6.07, 6.45) is 6.14. The first-order chi connectivity index (χ1) is 14.7. The van der Waals surface area contributed by atoms with Gasteiger partial charge in [-0.3, -0.25) is 9.88 Å². The number of carbonyl (C=O) groups excluding carboxylic acids is 1. The van der Waals surface area contributed by atoms with E-state index in [0.29, 0.717) is 13.1 Å². The summed E-state index contributed by atoms with van der Waals surface area (Å²) < 4.78 is 5.57. The Morgan fingerprint density at radius 2 is 2.03 bits per heavy atom. The van der Waals surface area contributed by atoms with Gasteiger partial charge in [-0.2, -0.15) is 15.4 Å². The third-order valence-corrected chi connectivity index (χ3v) is 5.79. The molecule has 3 aromatic rings. The zero-order chi connectivity index (χ0) is 20.5. The van der Waals surface area contributed by atoms with Crippen molar-refractivity contribution in [2.75, 3.05) is 4.90 Å². The highest BCUT2D eigenvalue weighted by Crippen LogP contribution is 2.41. The molecule has 2 N–H and O–H groups in total. The van der Waals surface area contributed by atoms with E-state index in [9.17, 15) is 4.79 Å². The molecule has 2 aliphatic rings. The first-order valence-electron chi connectivity index (χ1n) is 10.4. The molecule has 2 atom stereocenters. The van der Waals surface area contributed by atoms with E-state index in [4.69, 9.17) is 4.74 Å². The molecule has 5 rings (SSSR count). The number of anilines is 1. The van der Waals surface area contributed by atoms with E-state index in [-0.39, 0.29) is 18.2 Å². The number of pyridine rings is 1. The molecule has 1 amide bonds. The summed E-state index contributed by atoms with van der Waals surface area (Å²) in [7, 11) is 0. The smallest absolute Gasteiger partial charge is 0.415 e. The van der Waals surface area contributed by atoms with Crippen molar-refractivity contribution >= 4 is 11.8 Å². The van der Waals surface area contributed by atoms with Crippen LogP contribution < -0.4 is 10.2 Å². The highest BCUT2D eigenvalue weighted by Gasteiger charge is 2.46. The fourth-order valence-electron chi connectivity index (χ4n) is 4.32. The van der Waals surface area contributed by atoms with Gasteiger partial charge in [-0.15, -0.1) is 0 Å². The Morgan fingerprint density at radius 3 is 2.80 bits per heavy atom. The van der Waals surface area contributed by atoms with Gasteiger partial charge in [0, 0.05) is 24.8 Å². The van der Waals surface area contributed by atoms with Crippen molar-refractivity contribution < 1.29 is 9.53 Å². The number of hydrogen-bond acceptors (Lipinski definition) is 6. The topological polar surface area (TPSA) is 96.0 Å². The van der Waals surface area contributed by atoms with Gasteiger partial charge in [-0.05, 0) is 42.2 Å². The number of hydrogen-bond donors (Lipinski definition) is 2. The molecule has 2 unspecified atom stereocenters. The van der Waals surface area contributed by atoms with Gasteiger partial charge in [-0.1, -0.05) is 25.5 Å². The second-order valence-corrected chi connectivity index (χ2v) is 7.80. The Bertz CT molecular complexity index is 1030. The lowest BCUT2D eigenvalue weighted by atomic mass is 9.99. The molecule has 30 heavy (non-hydrogen) atoms. The Hall–Kier alpha value is -3.26. The lowest BCUT2D eigenvalue weighted by Gasteiger charge is -2.15. The molecule has 0 aliphatic carbocycles. The SMILES string of the molecule is CCCC1OC(=O)N2c3ccc(-c4ccc(CNCc5cn[nH]n5)nc4)cc3CC12. The average molecular weight is 404 g/mol. The minimum Gasteiger partial charge on any atom is -0.444 e. The van der Waals surface area contributed by atoms with E-state index in [1.165, 1.54) is 5.56 Å². The summed E-state index contributed by atoms with van der Waals surface area (Å²) in [6.45, 7) is 3.43. The molecule has 4 heterocycles. The quantitative estimate of drug-likeness (QED) is 0.628. The largest absolute Gasteiger partial charge is 0.444 e. The first-order valence-corrected chi connectivity index (χ1v) is 10.4. The predicted molar refractivity (Wildman–Crippen MR) is 112 cm³/mol. The fourth-order valence-corrected chi connectivity index (χ4v) is 4.32. The number of nitrogens with one attached hydrogen (secondary N) is 2. The average Bonchev–Trinajstić information content (AvgIpc) is 3.47. The molecule has 2 aromatic heterocycles. The number of carbonyl (C=O) groups is 1. The van der Waals surface area contributed by atoms with Crippen LogP contribution >= 0.6 is 0 Å². The van der Waals surface area contributed by atoms with Crippen LogP contribution in [0.3, 0.4) is 0 Å². The van der Waals surface area contributed by atoms with E-state index in [1.54, 1.807) is 6.20 Å². The number of cyclic esters (lactones) is 1. The van der Waals surface area contributed by atoms with E-state index in [1.807, 2.05) is 23.2 Å². The minimum atomic E-state index is -0.214. The van der Waals surface area contributed by atoms with Crippen LogP contribution in [0.2, 0.25) is 0 Å². The number of aromatic amines is 1. The maximum absolute atomic E-state index is 12.3. The lowest BCUT2D eigenvalue weighted by Crippen LogP contribution is -2.33. The summed E-state index contributed by atoms with van der Waals surface area (Å²) in [5.41, 5.74) is 6.20. The van der Waals surface area contributed by atoms with E-state index in [0.717, 1.165) is 47.5 Å². The third-order valence-electron chi connectivity index (χ3n) is 5.79. The molecule has 8 heteroatoms. The molecule has 2 aliphatic heterocycles. The number of amides is 1. The van der Waals surface area contributed by atoms with Crippen LogP contribution in [0, 0.1) is 0 Å². The second kappa shape index (κ2) is 7.87. The van der Waals surface area contributed by atoms with Crippen molar-refractivity contribution in [1.29, 1.82) is 0 Å². The van der Waals surface area contributed by atoms with E-state index >= 15 is 0 Å². The number of ether oxygens (including phenoxy) is 1. The first kappa shape index (κ1) is 18.7. The monoisotopic (exact) mass is 404 g/mol. The van der Waals surface area contributed by atoms with Crippen LogP contribution in [-0.4, -0.2) is 38.6 Å².